The van der Waals surface area contributed by atoms with Gasteiger partial charge in [-0.2, -0.15) is 0 Å². The fourth-order valence-corrected chi connectivity index (χ4v) is 2.76. The topological polar surface area (TPSA) is 15.8 Å². The van der Waals surface area contributed by atoms with Crippen LogP contribution in [-0.2, 0) is 13.0 Å². The van der Waals surface area contributed by atoms with E-state index in [-0.39, 0.29) is 0 Å². The van der Waals surface area contributed by atoms with Gasteiger partial charge in [0.1, 0.15) is 6.54 Å². The number of quaternary nitrogens is 1. The third kappa shape index (κ3) is 1.37. The molecule has 1 atom stereocenters. The highest BCUT2D eigenvalue weighted by Gasteiger charge is 2.29. The van der Waals surface area contributed by atoms with Crippen molar-refractivity contribution in [1.29, 1.82) is 0 Å². The van der Waals surface area contributed by atoms with Crippen LogP contribution in [-0.4, -0.2) is 29.6 Å². The van der Waals surface area contributed by atoms with Crippen LogP contribution in [0, 0.1) is 0 Å². The van der Waals surface area contributed by atoms with Gasteiger partial charge in [0.15, 0.2) is 0 Å². The molecular formula is C14H19N2+. The first-order valence-corrected chi connectivity index (χ1v) is 6.14. The van der Waals surface area contributed by atoms with Gasteiger partial charge in [0.2, 0.25) is 0 Å². The Bertz CT molecular complexity index is 527. The van der Waals surface area contributed by atoms with Gasteiger partial charge in [-0.25, -0.2) is 0 Å². The summed E-state index contributed by atoms with van der Waals surface area (Å²) in [4.78, 5) is 3.57. The number of hydrogen-bond donors (Lipinski definition) is 1. The minimum Gasteiger partial charge on any atom is -0.358 e. The van der Waals surface area contributed by atoms with Crippen LogP contribution in [0.4, 0.5) is 0 Å². The molecule has 1 aliphatic rings. The SMILES string of the molecule is CC[N+]1(C)CCc2[nH]c3ccccc3c2C1. The molecule has 0 radical (unpaired) electrons. The molecule has 0 bridgehead atoms. The van der Waals surface area contributed by atoms with Crippen LogP contribution in [0.1, 0.15) is 18.2 Å². The maximum Gasteiger partial charge on any atom is 0.107 e. The Balaban J connectivity index is 2.15. The van der Waals surface area contributed by atoms with Crippen molar-refractivity contribution in [3.63, 3.8) is 0 Å². The number of benzene rings is 1. The van der Waals surface area contributed by atoms with Crippen molar-refractivity contribution in [2.45, 2.75) is 19.9 Å². The van der Waals surface area contributed by atoms with Gasteiger partial charge in [0.25, 0.3) is 0 Å². The minimum absolute atomic E-state index is 1.18. The maximum atomic E-state index is 3.57. The molecule has 0 fully saturated rings. The number of rotatable bonds is 1. The Kier molecular flexibility index (Phi) is 2.08. The molecule has 2 heterocycles. The second kappa shape index (κ2) is 3.36. The molecule has 2 nitrogen and oxygen atoms in total. The second-order valence-electron chi connectivity index (χ2n) is 5.20. The van der Waals surface area contributed by atoms with Crippen molar-refractivity contribution in [3.05, 3.63) is 35.5 Å². The molecule has 0 amide bonds. The lowest BCUT2D eigenvalue weighted by Gasteiger charge is -2.36. The third-order valence-electron chi connectivity index (χ3n) is 4.11. The number of fused-ring (bicyclic) bond motifs is 3. The van der Waals surface area contributed by atoms with Gasteiger partial charge in [-0.15, -0.1) is 0 Å². The van der Waals surface area contributed by atoms with E-state index in [1.165, 1.54) is 47.1 Å². The molecule has 84 valence electrons. The van der Waals surface area contributed by atoms with Crippen LogP contribution >= 0.6 is 0 Å². The zero-order valence-corrected chi connectivity index (χ0v) is 10.1. The van der Waals surface area contributed by atoms with Crippen molar-refractivity contribution in [2.75, 3.05) is 20.1 Å². The maximum absolute atomic E-state index is 3.57. The minimum atomic E-state index is 1.18. The normalized spacial score (nSPS) is 24.6. The lowest BCUT2D eigenvalue weighted by Crippen LogP contribution is -2.47. The van der Waals surface area contributed by atoms with E-state index in [0.29, 0.717) is 0 Å². The third-order valence-corrected chi connectivity index (χ3v) is 4.11. The molecule has 1 N–H and O–H groups in total. The first-order valence-electron chi connectivity index (χ1n) is 6.14. The Morgan fingerprint density at radius 1 is 1.31 bits per heavy atom. The quantitative estimate of drug-likeness (QED) is 0.704. The Morgan fingerprint density at radius 2 is 2.12 bits per heavy atom. The summed E-state index contributed by atoms with van der Waals surface area (Å²) in [5, 5.41) is 1.43. The largest absolute Gasteiger partial charge is 0.358 e. The molecule has 0 aliphatic carbocycles. The highest BCUT2D eigenvalue weighted by Crippen LogP contribution is 2.29. The van der Waals surface area contributed by atoms with Gasteiger partial charge in [-0.3, -0.25) is 0 Å². The zero-order chi connectivity index (χ0) is 11.2. The molecular weight excluding hydrogens is 196 g/mol. The van der Waals surface area contributed by atoms with Gasteiger partial charge < -0.3 is 9.47 Å². The van der Waals surface area contributed by atoms with E-state index in [0.717, 1.165) is 0 Å². The number of para-hydroxylation sites is 1. The summed E-state index contributed by atoms with van der Waals surface area (Å²) in [6.07, 6.45) is 1.19. The van der Waals surface area contributed by atoms with Crippen LogP contribution in [0.5, 0.6) is 0 Å². The van der Waals surface area contributed by atoms with E-state index in [2.05, 4.69) is 43.2 Å². The van der Waals surface area contributed by atoms with E-state index in [4.69, 9.17) is 0 Å². The average Bonchev–Trinajstić information content (AvgIpc) is 2.67. The number of likely N-dealkylation sites (N-methyl/N-ethyl adjacent to an activating group) is 1. The first-order chi connectivity index (χ1) is 7.72. The predicted octanol–water partition coefficient (Wildman–Crippen LogP) is 2.69. The summed E-state index contributed by atoms with van der Waals surface area (Å²) in [7, 11) is 2.37. The number of H-pyrrole nitrogens is 1. The van der Waals surface area contributed by atoms with E-state index < -0.39 is 0 Å². The highest BCUT2D eigenvalue weighted by molar-refractivity contribution is 5.84. The Hall–Kier alpha value is -1.28. The van der Waals surface area contributed by atoms with E-state index in [9.17, 15) is 0 Å². The van der Waals surface area contributed by atoms with Crippen molar-refractivity contribution in [3.8, 4) is 0 Å². The standard InChI is InChI=1S/C14H19N2/c1-3-16(2)9-8-14-12(10-16)11-6-4-5-7-13(11)15-14/h4-7,15H,3,8-10H2,1-2H3/q+1. The van der Waals surface area contributed by atoms with Crippen molar-refractivity contribution in [1.82, 2.24) is 4.98 Å². The summed E-state index contributed by atoms with van der Waals surface area (Å²) in [5.41, 5.74) is 4.31. The number of hydrogen-bond acceptors (Lipinski definition) is 0. The van der Waals surface area contributed by atoms with Crippen LogP contribution in [0.25, 0.3) is 10.9 Å². The first kappa shape index (κ1) is 9.91. The molecule has 16 heavy (non-hydrogen) atoms. The molecule has 0 saturated heterocycles. The van der Waals surface area contributed by atoms with Crippen molar-refractivity contribution >= 4 is 10.9 Å². The average molecular weight is 215 g/mol. The van der Waals surface area contributed by atoms with Crippen LogP contribution in [0.3, 0.4) is 0 Å². The van der Waals surface area contributed by atoms with Gasteiger partial charge in [0.05, 0.1) is 20.1 Å². The molecule has 1 aromatic heterocycles. The summed E-state index contributed by atoms with van der Waals surface area (Å²) >= 11 is 0. The molecule has 2 aromatic rings. The van der Waals surface area contributed by atoms with Gasteiger partial charge in [-0.1, -0.05) is 18.2 Å². The molecule has 1 unspecified atom stereocenters. The summed E-state index contributed by atoms with van der Waals surface area (Å²) in [5.74, 6) is 0. The molecule has 1 aliphatic heterocycles. The molecule has 0 saturated carbocycles. The number of aromatic amines is 1. The lowest BCUT2D eigenvalue weighted by molar-refractivity contribution is -0.922. The Morgan fingerprint density at radius 3 is 2.94 bits per heavy atom. The predicted molar refractivity (Wildman–Crippen MR) is 67.3 cm³/mol. The summed E-state index contributed by atoms with van der Waals surface area (Å²) < 4.78 is 1.18. The van der Waals surface area contributed by atoms with Crippen molar-refractivity contribution < 1.29 is 4.48 Å². The Labute approximate surface area is 96.5 Å². The summed E-state index contributed by atoms with van der Waals surface area (Å²) in [6, 6.07) is 8.68. The number of nitrogens with one attached hydrogen (secondary N) is 1. The van der Waals surface area contributed by atoms with Crippen LogP contribution in [0.2, 0.25) is 0 Å². The second-order valence-corrected chi connectivity index (χ2v) is 5.20. The highest BCUT2D eigenvalue weighted by atomic mass is 15.3. The monoisotopic (exact) mass is 215 g/mol. The summed E-state index contributed by atoms with van der Waals surface area (Å²) in [6.45, 7) is 5.95. The lowest BCUT2D eigenvalue weighted by atomic mass is 10.0. The zero-order valence-electron chi connectivity index (χ0n) is 10.1. The van der Waals surface area contributed by atoms with Gasteiger partial charge in [-0.05, 0) is 13.0 Å². The molecule has 1 aromatic carbocycles. The number of aromatic nitrogens is 1. The molecule has 3 rings (SSSR count). The molecule has 2 heteroatoms. The fourth-order valence-electron chi connectivity index (χ4n) is 2.76. The van der Waals surface area contributed by atoms with E-state index in [1.54, 1.807) is 5.56 Å². The number of nitrogens with zero attached hydrogens (tertiary/aromatic N) is 1. The fraction of sp³-hybridized carbons (Fsp3) is 0.429. The van der Waals surface area contributed by atoms with E-state index in [1.807, 2.05) is 0 Å². The van der Waals surface area contributed by atoms with Gasteiger partial charge in [0, 0.05) is 28.6 Å². The van der Waals surface area contributed by atoms with Crippen LogP contribution in [0.15, 0.2) is 24.3 Å². The van der Waals surface area contributed by atoms with Crippen molar-refractivity contribution in [2.24, 2.45) is 0 Å². The van der Waals surface area contributed by atoms with E-state index >= 15 is 0 Å². The van der Waals surface area contributed by atoms with Crippen LogP contribution < -0.4 is 0 Å². The smallest absolute Gasteiger partial charge is 0.107 e. The molecule has 0 spiro atoms. The van der Waals surface area contributed by atoms with Gasteiger partial charge >= 0.3 is 0 Å².